The summed E-state index contributed by atoms with van der Waals surface area (Å²) in [5.74, 6) is 0. The molecule has 1 aromatic rings. The minimum atomic E-state index is 0.508. The van der Waals surface area contributed by atoms with Gasteiger partial charge in [-0.05, 0) is 40.3 Å². The van der Waals surface area contributed by atoms with Gasteiger partial charge in [0.15, 0.2) is 0 Å². The number of allylic oxidation sites excluding steroid dienone is 1. The molecule has 3 heteroatoms. The van der Waals surface area contributed by atoms with E-state index in [1.165, 1.54) is 6.08 Å². The van der Waals surface area contributed by atoms with Crippen molar-refractivity contribution in [3.63, 3.8) is 0 Å². The van der Waals surface area contributed by atoms with Crippen molar-refractivity contribution in [3.8, 4) is 6.07 Å². The second kappa shape index (κ2) is 4.12. The lowest BCUT2D eigenvalue weighted by Crippen LogP contribution is -1.95. The van der Waals surface area contributed by atoms with E-state index < -0.39 is 0 Å². The highest BCUT2D eigenvalue weighted by molar-refractivity contribution is 14.1. The molecule has 2 nitrogen and oxygen atoms in total. The van der Waals surface area contributed by atoms with Crippen LogP contribution in [-0.4, -0.2) is 0 Å². The topological polar surface area (TPSA) is 49.8 Å². The van der Waals surface area contributed by atoms with Crippen LogP contribution in [0.5, 0.6) is 0 Å². The molecule has 0 saturated heterocycles. The molecule has 0 radical (unpaired) electrons. The molecule has 0 aliphatic rings. The molecule has 0 heterocycles. The van der Waals surface area contributed by atoms with Crippen molar-refractivity contribution < 1.29 is 0 Å². The van der Waals surface area contributed by atoms with Crippen molar-refractivity contribution in [1.82, 2.24) is 0 Å². The number of nitrogens with zero attached hydrogens (tertiary/aromatic N) is 1. The third-order valence-corrected chi connectivity index (χ3v) is 2.12. The van der Waals surface area contributed by atoms with E-state index >= 15 is 0 Å². The summed E-state index contributed by atoms with van der Waals surface area (Å²) in [6.07, 6.45) is 1.34. The summed E-state index contributed by atoms with van der Waals surface area (Å²) in [7, 11) is 0. The lowest BCUT2D eigenvalue weighted by Gasteiger charge is -1.98. The summed E-state index contributed by atoms with van der Waals surface area (Å²) in [6.45, 7) is 0. The Balaban J connectivity index is 2.99. The third kappa shape index (κ3) is 2.24. The predicted octanol–water partition coefficient (Wildman–Crippen LogP) is 2.11. The molecular weight excluding hydrogens is 263 g/mol. The molecule has 0 unspecified atom stereocenters. The van der Waals surface area contributed by atoms with E-state index in [0.29, 0.717) is 5.70 Å². The van der Waals surface area contributed by atoms with Crippen LogP contribution in [0.2, 0.25) is 0 Å². The first-order chi connectivity index (χ1) is 5.74. The van der Waals surface area contributed by atoms with Gasteiger partial charge in [-0.1, -0.05) is 12.1 Å². The maximum Gasteiger partial charge on any atom is 0.0933 e. The Hall–Kier alpha value is -1.02. The molecule has 0 amide bonds. The van der Waals surface area contributed by atoms with Crippen LogP contribution in [0, 0.1) is 14.9 Å². The van der Waals surface area contributed by atoms with Gasteiger partial charge in [-0.3, -0.25) is 0 Å². The summed E-state index contributed by atoms with van der Waals surface area (Å²) < 4.78 is 1.15. The van der Waals surface area contributed by atoms with Gasteiger partial charge in [0, 0.05) is 15.3 Å². The van der Waals surface area contributed by atoms with Gasteiger partial charge in [-0.15, -0.1) is 0 Å². The van der Waals surface area contributed by atoms with Gasteiger partial charge in [0.25, 0.3) is 0 Å². The van der Waals surface area contributed by atoms with Crippen LogP contribution in [0.4, 0.5) is 0 Å². The van der Waals surface area contributed by atoms with Crippen LogP contribution >= 0.6 is 22.6 Å². The standard InChI is InChI=1S/C9H7IN2/c10-8-3-1-7(2-4-8)9(12)5-6-11/h1-5H,12H2. The third-order valence-electron chi connectivity index (χ3n) is 1.40. The van der Waals surface area contributed by atoms with Crippen LogP contribution in [0.15, 0.2) is 30.3 Å². The van der Waals surface area contributed by atoms with Gasteiger partial charge in [0.05, 0.1) is 6.07 Å². The Morgan fingerprint density at radius 1 is 1.42 bits per heavy atom. The van der Waals surface area contributed by atoms with Crippen molar-refractivity contribution in [1.29, 1.82) is 5.26 Å². The number of halogens is 1. The molecule has 0 aliphatic heterocycles. The minimum absolute atomic E-state index is 0.508. The molecule has 0 bridgehead atoms. The molecular formula is C9H7IN2. The fourth-order valence-corrected chi connectivity index (χ4v) is 1.15. The molecule has 0 aliphatic carbocycles. The summed E-state index contributed by atoms with van der Waals surface area (Å²) in [6, 6.07) is 9.58. The Labute approximate surface area is 84.8 Å². The molecule has 0 saturated carbocycles. The summed E-state index contributed by atoms with van der Waals surface area (Å²) >= 11 is 2.22. The Kier molecular flexibility index (Phi) is 3.11. The highest BCUT2D eigenvalue weighted by atomic mass is 127. The van der Waals surface area contributed by atoms with Crippen LogP contribution in [0.3, 0.4) is 0 Å². The SMILES string of the molecule is N#CC=C(N)c1ccc(I)cc1. The van der Waals surface area contributed by atoms with E-state index in [1.54, 1.807) is 0 Å². The zero-order chi connectivity index (χ0) is 8.97. The number of hydrogen-bond donors (Lipinski definition) is 1. The lowest BCUT2D eigenvalue weighted by atomic mass is 10.1. The number of hydrogen-bond acceptors (Lipinski definition) is 2. The zero-order valence-corrected chi connectivity index (χ0v) is 8.45. The van der Waals surface area contributed by atoms with Gasteiger partial charge < -0.3 is 5.73 Å². The van der Waals surface area contributed by atoms with Crippen LogP contribution in [0.1, 0.15) is 5.56 Å². The minimum Gasteiger partial charge on any atom is -0.398 e. The highest BCUT2D eigenvalue weighted by Gasteiger charge is 1.94. The number of rotatable bonds is 1. The van der Waals surface area contributed by atoms with Crippen molar-refractivity contribution in [2.45, 2.75) is 0 Å². The fraction of sp³-hybridized carbons (Fsp3) is 0. The van der Waals surface area contributed by atoms with E-state index in [-0.39, 0.29) is 0 Å². The molecule has 1 aromatic carbocycles. The maximum absolute atomic E-state index is 8.34. The van der Waals surface area contributed by atoms with Gasteiger partial charge >= 0.3 is 0 Å². The van der Waals surface area contributed by atoms with Crippen molar-refractivity contribution in [3.05, 3.63) is 39.5 Å². The van der Waals surface area contributed by atoms with Gasteiger partial charge in [-0.25, -0.2) is 0 Å². The normalized spacial score (nSPS) is 10.8. The molecule has 0 fully saturated rings. The smallest absolute Gasteiger partial charge is 0.0933 e. The summed E-state index contributed by atoms with van der Waals surface area (Å²) in [5.41, 5.74) is 6.99. The first-order valence-electron chi connectivity index (χ1n) is 3.35. The van der Waals surface area contributed by atoms with Gasteiger partial charge in [0.1, 0.15) is 0 Å². The van der Waals surface area contributed by atoms with Crippen LogP contribution in [-0.2, 0) is 0 Å². The van der Waals surface area contributed by atoms with E-state index in [0.717, 1.165) is 9.13 Å². The van der Waals surface area contributed by atoms with Crippen LogP contribution < -0.4 is 5.73 Å². The zero-order valence-electron chi connectivity index (χ0n) is 6.29. The monoisotopic (exact) mass is 270 g/mol. The van der Waals surface area contributed by atoms with Crippen molar-refractivity contribution in [2.24, 2.45) is 5.73 Å². The predicted molar refractivity (Wildman–Crippen MR) is 56.9 cm³/mol. The molecule has 2 N–H and O–H groups in total. The molecule has 0 spiro atoms. The summed E-state index contributed by atoms with van der Waals surface area (Å²) in [4.78, 5) is 0. The average Bonchev–Trinajstić information content (AvgIpc) is 2.06. The summed E-state index contributed by atoms with van der Waals surface area (Å²) in [5, 5.41) is 8.34. The van der Waals surface area contributed by atoms with Crippen molar-refractivity contribution >= 4 is 28.3 Å². The fourth-order valence-electron chi connectivity index (χ4n) is 0.795. The number of benzene rings is 1. The first kappa shape index (κ1) is 9.07. The Bertz CT molecular complexity index is 333. The molecule has 0 atom stereocenters. The second-order valence-electron chi connectivity index (χ2n) is 2.24. The highest BCUT2D eigenvalue weighted by Crippen LogP contribution is 2.11. The van der Waals surface area contributed by atoms with Gasteiger partial charge in [0.2, 0.25) is 0 Å². The van der Waals surface area contributed by atoms with Crippen LogP contribution in [0.25, 0.3) is 5.70 Å². The van der Waals surface area contributed by atoms with Gasteiger partial charge in [-0.2, -0.15) is 5.26 Å². The molecule has 1 rings (SSSR count). The van der Waals surface area contributed by atoms with E-state index in [9.17, 15) is 0 Å². The Morgan fingerprint density at radius 3 is 2.50 bits per heavy atom. The molecule has 60 valence electrons. The van der Waals surface area contributed by atoms with E-state index in [2.05, 4.69) is 22.6 Å². The van der Waals surface area contributed by atoms with E-state index in [1.807, 2.05) is 30.3 Å². The second-order valence-corrected chi connectivity index (χ2v) is 3.48. The average molecular weight is 270 g/mol. The Morgan fingerprint density at radius 2 is 2.00 bits per heavy atom. The maximum atomic E-state index is 8.34. The largest absolute Gasteiger partial charge is 0.398 e. The van der Waals surface area contributed by atoms with E-state index in [4.69, 9.17) is 11.0 Å². The number of nitriles is 1. The lowest BCUT2D eigenvalue weighted by molar-refractivity contribution is 1.48. The quantitative estimate of drug-likeness (QED) is 0.627. The van der Waals surface area contributed by atoms with Crippen molar-refractivity contribution in [2.75, 3.05) is 0 Å². The molecule has 12 heavy (non-hydrogen) atoms. The molecule has 0 aromatic heterocycles. The number of nitrogens with two attached hydrogens (primary N) is 1. The first-order valence-corrected chi connectivity index (χ1v) is 4.43.